The molecule has 0 spiro atoms. The van der Waals surface area contributed by atoms with E-state index < -0.39 is 8.07 Å². The van der Waals surface area contributed by atoms with Gasteiger partial charge in [0, 0.05) is 0 Å². The normalized spacial score (nSPS) is 14.4. The van der Waals surface area contributed by atoms with Crippen LogP contribution in [0.1, 0.15) is 65.2 Å². The molecule has 0 amide bonds. The van der Waals surface area contributed by atoms with Gasteiger partial charge in [0.15, 0.2) is 0 Å². The van der Waals surface area contributed by atoms with Gasteiger partial charge in [-0.2, -0.15) is 11.1 Å². The molecule has 215 valence electrons. The van der Waals surface area contributed by atoms with Gasteiger partial charge in [0.05, 0.1) is 8.07 Å². The molecule has 0 aliphatic heterocycles. The van der Waals surface area contributed by atoms with Crippen LogP contribution in [0, 0.1) is 18.9 Å². The van der Waals surface area contributed by atoms with E-state index in [4.69, 9.17) is 0 Å². The summed E-state index contributed by atoms with van der Waals surface area (Å²) in [6, 6.07) is 26.9. The number of aromatic hydroxyl groups is 1. The molecular weight excluding hydrogens is 583 g/mol. The molecule has 5 heteroatoms. The molecule has 1 aliphatic carbocycles. The maximum atomic E-state index is 9.65. The minimum atomic E-state index is -1.50. The van der Waals surface area contributed by atoms with Gasteiger partial charge in [-0.15, -0.1) is 31.7 Å². The van der Waals surface area contributed by atoms with Crippen molar-refractivity contribution >= 4 is 41.9 Å². The Kier molecular flexibility index (Phi) is 16.0. The first-order chi connectivity index (χ1) is 17.6. The van der Waals surface area contributed by atoms with Crippen LogP contribution in [-0.2, 0) is 20.0 Å². The topological polar surface area (TPSA) is 20.2 Å². The van der Waals surface area contributed by atoms with Gasteiger partial charge in [0.2, 0.25) is 0 Å². The Balaban J connectivity index is 0.000000572. The number of allylic oxidation sites excluding steroid dienone is 4. The standard InChI is InChI=1S/C13H22OSi.C13H10.C9H13.2ClH.Ti/c1-10-7-11(14)9-12(8-10)15(5,6)13(2,3)4;1-3-7-12(8-4-1)11-13-9-5-2-6-10-13;1-6-5-7(2)9(4)8(6)3;;;/h7-9,14H,1-6H3;1-10H;6H,1-4H3;2*1H;/q;;-1;;;+1. The summed E-state index contributed by atoms with van der Waals surface area (Å²) in [5.41, 5.74) is 7.97. The first-order valence-electron chi connectivity index (χ1n) is 13.4. The molecule has 1 atom stereocenters. The fourth-order valence-electron chi connectivity index (χ4n) is 4.09. The van der Waals surface area contributed by atoms with Gasteiger partial charge in [0.25, 0.3) is 0 Å². The monoisotopic (exact) mass is 629 g/mol. The Hall–Kier alpha value is -1.68. The summed E-state index contributed by atoms with van der Waals surface area (Å²) in [4.78, 5) is 0. The van der Waals surface area contributed by atoms with Crippen LogP contribution in [0.2, 0.25) is 18.1 Å². The van der Waals surface area contributed by atoms with Crippen LogP contribution in [0.15, 0.2) is 95.6 Å². The van der Waals surface area contributed by atoms with E-state index in [0.29, 0.717) is 16.7 Å². The van der Waals surface area contributed by atoms with E-state index in [0.717, 1.165) is 5.56 Å². The number of aryl methyl sites for hydroxylation is 1. The van der Waals surface area contributed by atoms with Crippen LogP contribution in [0.3, 0.4) is 0 Å². The summed E-state index contributed by atoms with van der Waals surface area (Å²) >= 11 is 2.16. The number of phenols is 1. The zero-order valence-electron chi connectivity index (χ0n) is 25.8. The third-order valence-electron chi connectivity index (χ3n) is 8.02. The first kappa shape index (κ1) is 38.3. The van der Waals surface area contributed by atoms with Gasteiger partial charge >= 0.3 is 95.6 Å². The van der Waals surface area contributed by atoms with Crippen molar-refractivity contribution in [2.24, 2.45) is 5.92 Å². The zero-order valence-corrected chi connectivity index (χ0v) is 30.0. The van der Waals surface area contributed by atoms with E-state index in [-0.39, 0.29) is 24.8 Å². The molecule has 1 nitrogen and oxygen atoms in total. The third-order valence-corrected chi connectivity index (χ3v) is 14.4. The molecule has 3 aromatic rings. The molecule has 40 heavy (non-hydrogen) atoms. The predicted octanol–water partition coefficient (Wildman–Crippen LogP) is 9.78. The molecule has 0 aromatic heterocycles. The van der Waals surface area contributed by atoms with Crippen molar-refractivity contribution < 1.29 is 25.1 Å². The average molecular weight is 631 g/mol. The summed E-state index contributed by atoms with van der Waals surface area (Å²) in [5, 5.41) is 11.3. The average Bonchev–Trinajstić information content (AvgIpc) is 3.09. The first-order valence-corrected chi connectivity index (χ1v) is 17.2. The molecule has 1 aliphatic rings. The fraction of sp³-hybridized carbons (Fsp3) is 0.343. The van der Waals surface area contributed by atoms with Crippen molar-refractivity contribution in [3.05, 3.63) is 118 Å². The van der Waals surface area contributed by atoms with Crippen LogP contribution >= 0.6 is 24.8 Å². The van der Waals surface area contributed by atoms with E-state index in [9.17, 15) is 5.11 Å². The summed E-state index contributed by atoms with van der Waals surface area (Å²) in [7, 11) is -1.50. The van der Waals surface area contributed by atoms with Gasteiger partial charge in [0.1, 0.15) is 5.75 Å². The number of rotatable bonds is 3. The molecule has 0 saturated carbocycles. The van der Waals surface area contributed by atoms with Crippen molar-refractivity contribution in [1.29, 1.82) is 0 Å². The Morgan fingerprint density at radius 1 is 0.800 bits per heavy atom. The van der Waals surface area contributed by atoms with Gasteiger partial charge in [-0.1, -0.05) is 71.8 Å². The van der Waals surface area contributed by atoms with Crippen molar-refractivity contribution in [2.45, 2.75) is 73.5 Å². The maximum absolute atomic E-state index is 9.65. The second kappa shape index (κ2) is 16.7. The number of benzene rings is 3. The molecule has 0 saturated heterocycles. The molecule has 0 fully saturated rings. The third kappa shape index (κ3) is 10.6. The quantitative estimate of drug-likeness (QED) is 0.226. The SMILES string of the molecule is CC1=[C-]C(C)C(C)=C1C.Cc1cc(O)cc([Si](C)(C)C(C)(C)C)c1.Cl.Cl.[Ti+]=[C](c1ccccc1)c1ccccc1. The molecule has 0 heterocycles. The number of hydrogen-bond donors (Lipinski definition) is 1. The summed E-state index contributed by atoms with van der Waals surface area (Å²) in [5.74, 6) is 0.958. The Morgan fingerprint density at radius 2 is 1.25 bits per heavy atom. The van der Waals surface area contributed by atoms with Crippen molar-refractivity contribution in [2.75, 3.05) is 0 Å². The Labute approximate surface area is 269 Å². The van der Waals surface area contributed by atoms with Crippen molar-refractivity contribution in [3.63, 3.8) is 0 Å². The van der Waals surface area contributed by atoms with E-state index in [1.165, 1.54) is 36.8 Å². The van der Waals surface area contributed by atoms with Gasteiger partial charge in [-0.05, 0) is 29.7 Å². The van der Waals surface area contributed by atoms with E-state index in [1.54, 1.807) is 0 Å². The van der Waals surface area contributed by atoms with Crippen LogP contribution in [-0.4, -0.2) is 17.0 Å². The summed E-state index contributed by atoms with van der Waals surface area (Å²) in [6.45, 7) is 22.3. The molecule has 4 rings (SSSR count). The summed E-state index contributed by atoms with van der Waals surface area (Å²) < 4.78 is 1.33. The van der Waals surface area contributed by atoms with E-state index in [1.807, 2.05) is 31.2 Å². The predicted molar refractivity (Wildman–Crippen MR) is 180 cm³/mol. The Morgan fingerprint density at radius 3 is 1.55 bits per heavy atom. The molecule has 1 unspecified atom stereocenters. The Bertz CT molecular complexity index is 1230. The van der Waals surface area contributed by atoms with E-state index in [2.05, 4.69) is 142 Å². The van der Waals surface area contributed by atoms with Crippen LogP contribution in [0.4, 0.5) is 0 Å². The second-order valence-electron chi connectivity index (χ2n) is 11.8. The number of halogens is 2. The molecule has 3 aromatic carbocycles. The number of hydrogen-bond acceptors (Lipinski definition) is 1. The van der Waals surface area contributed by atoms with Crippen LogP contribution < -0.4 is 5.19 Å². The molecule has 0 radical (unpaired) electrons. The van der Waals surface area contributed by atoms with Crippen molar-refractivity contribution in [3.8, 4) is 5.75 Å². The summed E-state index contributed by atoms with van der Waals surface area (Å²) in [6.07, 6.45) is 3.36. The van der Waals surface area contributed by atoms with Gasteiger partial charge in [-0.25, -0.2) is 5.57 Å². The number of phenolic OH excluding ortho intramolecular Hbond substituents is 1. The molecular formula is C35H47Cl2OSiTi. The minimum absolute atomic E-state index is 0. The second-order valence-corrected chi connectivity index (χ2v) is 17.9. The van der Waals surface area contributed by atoms with Crippen LogP contribution in [0.5, 0.6) is 5.75 Å². The van der Waals surface area contributed by atoms with Crippen molar-refractivity contribution in [1.82, 2.24) is 0 Å². The molecule has 1 N–H and O–H groups in total. The zero-order chi connectivity index (χ0) is 28.7. The van der Waals surface area contributed by atoms with Gasteiger partial charge in [-0.3, -0.25) is 6.08 Å². The fourth-order valence-corrected chi connectivity index (χ4v) is 6.58. The van der Waals surface area contributed by atoms with Gasteiger partial charge < -0.3 is 5.11 Å². The molecule has 0 bridgehead atoms. The van der Waals surface area contributed by atoms with E-state index >= 15 is 0 Å². The van der Waals surface area contributed by atoms with Crippen LogP contribution in [0.25, 0.3) is 0 Å².